The largest absolute Gasteiger partial charge is 0.398 e. The molecule has 0 spiro atoms. The smallest absolute Gasteiger partial charge is 0.0377 e. The van der Waals surface area contributed by atoms with Gasteiger partial charge >= 0.3 is 0 Å². The summed E-state index contributed by atoms with van der Waals surface area (Å²) >= 11 is 0. The van der Waals surface area contributed by atoms with Crippen molar-refractivity contribution in [3.8, 4) is 0 Å². The second kappa shape index (κ2) is 5.12. The van der Waals surface area contributed by atoms with Crippen LogP contribution in [0.2, 0.25) is 0 Å². The van der Waals surface area contributed by atoms with Gasteiger partial charge in [0, 0.05) is 24.1 Å². The van der Waals surface area contributed by atoms with E-state index in [9.17, 15) is 0 Å². The third kappa shape index (κ3) is 3.51. The summed E-state index contributed by atoms with van der Waals surface area (Å²) in [6, 6.07) is 2.70. The highest BCUT2D eigenvalue weighted by atomic mass is 14.9. The van der Waals surface area contributed by atoms with Crippen LogP contribution in [0, 0.1) is 0 Å². The number of nitrogens with two attached hydrogens (primary N) is 1. The lowest BCUT2D eigenvalue weighted by atomic mass is 10.1. The molecule has 3 heteroatoms. The van der Waals surface area contributed by atoms with Gasteiger partial charge in [-0.2, -0.15) is 0 Å². The fourth-order valence-corrected chi connectivity index (χ4v) is 1.68. The summed E-state index contributed by atoms with van der Waals surface area (Å²) < 4.78 is 0. The molecule has 0 amide bonds. The monoisotopic (exact) mass is 205 g/mol. The first-order valence-corrected chi connectivity index (χ1v) is 5.78. The lowest BCUT2D eigenvalue weighted by Crippen LogP contribution is -2.17. The van der Waals surface area contributed by atoms with E-state index in [-0.39, 0.29) is 0 Å². The van der Waals surface area contributed by atoms with Crippen molar-refractivity contribution >= 4 is 5.69 Å². The van der Waals surface area contributed by atoms with Crippen molar-refractivity contribution in [1.82, 2.24) is 10.3 Å². The number of pyridine rings is 1. The van der Waals surface area contributed by atoms with E-state index in [1.807, 2.05) is 12.3 Å². The van der Waals surface area contributed by atoms with Crippen LogP contribution in [0.1, 0.15) is 31.2 Å². The first kappa shape index (κ1) is 10.4. The number of rotatable bonds is 6. The van der Waals surface area contributed by atoms with Gasteiger partial charge in [-0.05, 0) is 50.3 Å². The SMILES string of the molecule is Nc1ccncc1CCCCNC1CC1. The Labute approximate surface area is 91.1 Å². The Bertz CT molecular complexity index is 307. The van der Waals surface area contributed by atoms with E-state index in [1.165, 1.54) is 31.2 Å². The molecule has 1 heterocycles. The van der Waals surface area contributed by atoms with Crippen LogP contribution in [-0.4, -0.2) is 17.6 Å². The van der Waals surface area contributed by atoms with Crippen molar-refractivity contribution in [3.63, 3.8) is 0 Å². The molecular weight excluding hydrogens is 186 g/mol. The Morgan fingerprint density at radius 1 is 1.40 bits per heavy atom. The van der Waals surface area contributed by atoms with E-state index in [1.54, 1.807) is 6.20 Å². The van der Waals surface area contributed by atoms with Gasteiger partial charge in [0.1, 0.15) is 0 Å². The maximum Gasteiger partial charge on any atom is 0.0377 e. The highest BCUT2D eigenvalue weighted by Gasteiger charge is 2.19. The number of nitrogens with one attached hydrogen (secondary N) is 1. The summed E-state index contributed by atoms with van der Waals surface area (Å²) in [5.41, 5.74) is 7.90. The summed E-state index contributed by atoms with van der Waals surface area (Å²) in [6.45, 7) is 1.14. The molecule has 0 unspecified atom stereocenters. The molecule has 1 aliphatic rings. The number of unbranched alkanes of at least 4 members (excludes halogenated alkanes) is 1. The Balaban J connectivity index is 1.62. The Kier molecular flexibility index (Phi) is 3.56. The molecule has 1 aliphatic carbocycles. The van der Waals surface area contributed by atoms with Gasteiger partial charge in [-0.25, -0.2) is 0 Å². The fourth-order valence-electron chi connectivity index (χ4n) is 1.68. The summed E-state index contributed by atoms with van der Waals surface area (Å²) in [7, 11) is 0. The first-order valence-electron chi connectivity index (χ1n) is 5.78. The summed E-state index contributed by atoms with van der Waals surface area (Å²) in [6.07, 6.45) is 9.83. The highest BCUT2D eigenvalue weighted by molar-refractivity contribution is 5.44. The van der Waals surface area contributed by atoms with E-state index in [0.717, 1.165) is 24.7 Å². The van der Waals surface area contributed by atoms with Crippen molar-refractivity contribution in [3.05, 3.63) is 24.0 Å². The zero-order valence-electron chi connectivity index (χ0n) is 9.08. The van der Waals surface area contributed by atoms with Crippen LogP contribution in [0.15, 0.2) is 18.5 Å². The normalized spacial score (nSPS) is 15.5. The second-order valence-electron chi connectivity index (χ2n) is 4.26. The average Bonchev–Trinajstić information content (AvgIpc) is 3.04. The van der Waals surface area contributed by atoms with Crippen LogP contribution < -0.4 is 11.1 Å². The molecule has 0 aliphatic heterocycles. The summed E-state index contributed by atoms with van der Waals surface area (Å²) in [5, 5.41) is 3.51. The minimum atomic E-state index is 0.827. The highest BCUT2D eigenvalue weighted by Crippen LogP contribution is 2.18. The molecule has 1 saturated carbocycles. The minimum absolute atomic E-state index is 0.827. The zero-order valence-corrected chi connectivity index (χ0v) is 9.08. The van der Waals surface area contributed by atoms with Gasteiger partial charge in [-0.1, -0.05) is 0 Å². The number of anilines is 1. The predicted molar refractivity (Wildman–Crippen MR) is 62.6 cm³/mol. The molecule has 3 nitrogen and oxygen atoms in total. The predicted octanol–water partition coefficient (Wildman–Crippen LogP) is 1.74. The molecule has 3 N–H and O–H groups in total. The Morgan fingerprint density at radius 3 is 3.00 bits per heavy atom. The summed E-state index contributed by atoms with van der Waals surface area (Å²) in [5.74, 6) is 0. The van der Waals surface area contributed by atoms with Gasteiger partial charge in [0.25, 0.3) is 0 Å². The lowest BCUT2D eigenvalue weighted by Gasteiger charge is -2.05. The van der Waals surface area contributed by atoms with Crippen LogP contribution in [-0.2, 0) is 6.42 Å². The molecule has 0 saturated heterocycles. The molecule has 0 atom stereocenters. The topological polar surface area (TPSA) is 50.9 Å². The van der Waals surface area contributed by atoms with Crippen molar-refractivity contribution in [2.45, 2.75) is 38.1 Å². The molecule has 2 rings (SSSR count). The fraction of sp³-hybridized carbons (Fsp3) is 0.583. The van der Waals surface area contributed by atoms with Gasteiger partial charge in [0.15, 0.2) is 0 Å². The van der Waals surface area contributed by atoms with E-state index >= 15 is 0 Å². The van der Waals surface area contributed by atoms with Gasteiger partial charge < -0.3 is 11.1 Å². The Morgan fingerprint density at radius 2 is 2.27 bits per heavy atom. The third-order valence-corrected chi connectivity index (χ3v) is 2.82. The maximum absolute atomic E-state index is 5.84. The quantitative estimate of drug-likeness (QED) is 0.695. The number of hydrogen-bond donors (Lipinski definition) is 2. The van der Waals surface area contributed by atoms with Crippen LogP contribution in [0.5, 0.6) is 0 Å². The molecular formula is C12H19N3. The maximum atomic E-state index is 5.84. The van der Waals surface area contributed by atoms with Crippen LogP contribution in [0.25, 0.3) is 0 Å². The van der Waals surface area contributed by atoms with Gasteiger partial charge in [-0.3, -0.25) is 4.98 Å². The van der Waals surface area contributed by atoms with Crippen molar-refractivity contribution in [2.24, 2.45) is 0 Å². The number of nitrogen functional groups attached to an aromatic ring is 1. The van der Waals surface area contributed by atoms with E-state index < -0.39 is 0 Å². The Hall–Kier alpha value is -1.09. The molecule has 1 aromatic rings. The van der Waals surface area contributed by atoms with Crippen LogP contribution in [0.4, 0.5) is 5.69 Å². The average molecular weight is 205 g/mol. The summed E-state index contributed by atoms with van der Waals surface area (Å²) in [4.78, 5) is 4.09. The van der Waals surface area contributed by atoms with Crippen molar-refractivity contribution in [1.29, 1.82) is 0 Å². The van der Waals surface area contributed by atoms with Gasteiger partial charge in [0.2, 0.25) is 0 Å². The standard InChI is InChI=1S/C12H19N3/c13-12-6-8-14-9-10(12)3-1-2-7-15-11-4-5-11/h6,8-9,11,15H,1-5,7H2,(H2,13,14). The molecule has 1 fully saturated rings. The van der Waals surface area contributed by atoms with Crippen molar-refractivity contribution in [2.75, 3.05) is 12.3 Å². The van der Waals surface area contributed by atoms with Gasteiger partial charge in [0.05, 0.1) is 0 Å². The molecule has 1 aromatic heterocycles. The molecule has 0 aromatic carbocycles. The lowest BCUT2D eigenvalue weighted by molar-refractivity contribution is 0.620. The van der Waals surface area contributed by atoms with Gasteiger partial charge in [-0.15, -0.1) is 0 Å². The number of aromatic nitrogens is 1. The number of nitrogens with zero attached hydrogens (tertiary/aromatic N) is 1. The number of aryl methyl sites for hydroxylation is 1. The number of hydrogen-bond acceptors (Lipinski definition) is 3. The minimum Gasteiger partial charge on any atom is -0.398 e. The van der Waals surface area contributed by atoms with Crippen LogP contribution >= 0.6 is 0 Å². The van der Waals surface area contributed by atoms with E-state index in [4.69, 9.17) is 5.73 Å². The zero-order chi connectivity index (χ0) is 10.5. The van der Waals surface area contributed by atoms with Crippen LogP contribution in [0.3, 0.4) is 0 Å². The molecule has 82 valence electrons. The third-order valence-electron chi connectivity index (χ3n) is 2.82. The molecule has 0 bridgehead atoms. The molecule has 0 radical (unpaired) electrons. The van der Waals surface area contributed by atoms with Crippen molar-refractivity contribution < 1.29 is 0 Å². The molecule has 15 heavy (non-hydrogen) atoms. The van der Waals surface area contributed by atoms with E-state index in [0.29, 0.717) is 0 Å². The second-order valence-corrected chi connectivity index (χ2v) is 4.26. The van der Waals surface area contributed by atoms with E-state index in [2.05, 4.69) is 10.3 Å². The first-order chi connectivity index (χ1) is 7.36.